The molecule has 0 atom stereocenters. The van der Waals surface area contributed by atoms with E-state index in [1.54, 1.807) is 6.92 Å². The Morgan fingerprint density at radius 2 is 2.12 bits per heavy atom. The summed E-state index contributed by atoms with van der Waals surface area (Å²) in [6, 6.07) is 0. The summed E-state index contributed by atoms with van der Waals surface area (Å²) in [6.45, 7) is 8.22. The molecule has 4 nitrogen and oxygen atoms in total. The van der Waals surface area contributed by atoms with Gasteiger partial charge in [-0.15, -0.1) is 0 Å². The number of aromatic nitrogens is 1. The van der Waals surface area contributed by atoms with Crippen LogP contribution in [0.5, 0.6) is 0 Å². The van der Waals surface area contributed by atoms with Gasteiger partial charge in [0, 0.05) is 6.42 Å². The number of unbranched alkanes of at least 4 members (excludes halogenated alkanes) is 1. The molecule has 0 radical (unpaired) electrons. The molecule has 0 N–H and O–H groups in total. The number of carbonyl (C=O) groups is 1. The SMILES string of the molecule is CCCCc1nc(C(C)C)c(C(=O)OCC)o1. The third-order valence-corrected chi connectivity index (χ3v) is 2.45. The van der Waals surface area contributed by atoms with Crippen molar-refractivity contribution < 1.29 is 13.9 Å². The summed E-state index contributed by atoms with van der Waals surface area (Å²) in [6.07, 6.45) is 2.87. The molecule has 0 fully saturated rings. The van der Waals surface area contributed by atoms with Gasteiger partial charge in [0.1, 0.15) is 0 Å². The molecule has 1 heterocycles. The molecule has 0 saturated carbocycles. The highest BCUT2D eigenvalue weighted by molar-refractivity contribution is 5.87. The Bertz CT molecular complexity index is 369. The van der Waals surface area contributed by atoms with Crippen molar-refractivity contribution in [2.75, 3.05) is 6.61 Å². The highest BCUT2D eigenvalue weighted by Gasteiger charge is 2.22. The van der Waals surface area contributed by atoms with Crippen LogP contribution in [-0.2, 0) is 11.2 Å². The van der Waals surface area contributed by atoms with E-state index in [-0.39, 0.29) is 11.7 Å². The number of esters is 1. The van der Waals surface area contributed by atoms with Crippen molar-refractivity contribution in [1.29, 1.82) is 0 Å². The van der Waals surface area contributed by atoms with Gasteiger partial charge in [-0.3, -0.25) is 0 Å². The first-order valence-electron chi connectivity index (χ1n) is 6.26. The molecule has 1 rings (SSSR count). The van der Waals surface area contributed by atoms with Crippen molar-refractivity contribution in [1.82, 2.24) is 4.98 Å². The van der Waals surface area contributed by atoms with E-state index in [1.165, 1.54) is 0 Å². The van der Waals surface area contributed by atoms with Crippen LogP contribution in [0.2, 0.25) is 0 Å². The number of hydrogen-bond donors (Lipinski definition) is 0. The molecule has 17 heavy (non-hydrogen) atoms. The molecule has 96 valence electrons. The van der Waals surface area contributed by atoms with Gasteiger partial charge >= 0.3 is 5.97 Å². The fourth-order valence-electron chi connectivity index (χ4n) is 1.55. The molecular weight excluding hydrogens is 218 g/mol. The Hall–Kier alpha value is -1.32. The third kappa shape index (κ3) is 3.58. The summed E-state index contributed by atoms with van der Waals surface area (Å²) in [4.78, 5) is 16.1. The number of carbonyl (C=O) groups excluding carboxylic acids is 1. The molecule has 0 aliphatic heterocycles. The quantitative estimate of drug-likeness (QED) is 0.714. The topological polar surface area (TPSA) is 52.3 Å². The minimum atomic E-state index is -0.411. The van der Waals surface area contributed by atoms with Crippen LogP contribution < -0.4 is 0 Å². The number of ether oxygens (including phenoxy) is 1. The Balaban J connectivity index is 2.92. The van der Waals surface area contributed by atoms with Crippen molar-refractivity contribution in [2.24, 2.45) is 0 Å². The van der Waals surface area contributed by atoms with Gasteiger partial charge in [-0.2, -0.15) is 0 Å². The Morgan fingerprint density at radius 1 is 1.41 bits per heavy atom. The average molecular weight is 239 g/mol. The van der Waals surface area contributed by atoms with E-state index in [4.69, 9.17) is 9.15 Å². The largest absolute Gasteiger partial charge is 0.460 e. The second kappa shape index (κ2) is 6.42. The zero-order valence-corrected chi connectivity index (χ0v) is 11.1. The summed E-state index contributed by atoms with van der Waals surface area (Å²) < 4.78 is 10.5. The molecule has 0 aromatic carbocycles. The zero-order valence-electron chi connectivity index (χ0n) is 11.1. The third-order valence-electron chi connectivity index (χ3n) is 2.45. The van der Waals surface area contributed by atoms with Crippen LogP contribution >= 0.6 is 0 Å². The minimum absolute atomic E-state index is 0.161. The molecule has 0 bridgehead atoms. The Morgan fingerprint density at radius 3 is 2.65 bits per heavy atom. The lowest BCUT2D eigenvalue weighted by atomic mass is 10.1. The van der Waals surface area contributed by atoms with E-state index in [9.17, 15) is 4.79 Å². The predicted molar refractivity (Wildman–Crippen MR) is 65.2 cm³/mol. The van der Waals surface area contributed by atoms with Crippen LogP contribution in [0.3, 0.4) is 0 Å². The average Bonchev–Trinajstić information content (AvgIpc) is 2.71. The molecule has 0 aliphatic carbocycles. The van der Waals surface area contributed by atoms with E-state index in [0.717, 1.165) is 19.3 Å². The standard InChI is InChI=1S/C13H21NO3/c1-5-7-8-10-14-11(9(3)4)12(17-10)13(15)16-6-2/h9H,5-8H2,1-4H3. The first-order chi connectivity index (χ1) is 8.10. The number of hydrogen-bond acceptors (Lipinski definition) is 4. The molecule has 0 aliphatic rings. The van der Waals surface area contributed by atoms with Crippen molar-refractivity contribution in [3.8, 4) is 0 Å². The van der Waals surface area contributed by atoms with Gasteiger partial charge in [-0.05, 0) is 19.3 Å². The number of nitrogens with zero attached hydrogens (tertiary/aromatic N) is 1. The zero-order chi connectivity index (χ0) is 12.8. The summed E-state index contributed by atoms with van der Waals surface area (Å²) in [5.74, 6) is 0.659. The van der Waals surface area contributed by atoms with E-state index in [2.05, 4.69) is 11.9 Å². The van der Waals surface area contributed by atoms with Gasteiger partial charge in [0.2, 0.25) is 5.76 Å². The van der Waals surface area contributed by atoms with Crippen molar-refractivity contribution in [2.45, 2.75) is 52.9 Å². The van der Waals surface area contributed by atoms with Gasteiger partial charge in [0.15, 0.2) is 5.89 Å². The van der Waals surface area contributed by atoms with E-state index in [0.29, 0.717) is 18.2 Å². The van der Waals surface area contributed by atoms with Gasteiger partial charge < -0.3 is 9.15 Å². The minimum Gasteiger partial charge on any atom is -0.460 e. The molecule has 0 unspecified atom stereocenters. The summed E-state index contributed by atoms with van der Waals surface area (Å²) >= 11 is 0. The van der Waals surface area contributed by atoms with E-state index < -0.39 is 5.97 Å². The fourth-order valence-corrected chi connectivity index (χ4v) is 1.55. The first kappa shape index (κ1) is 13.7. The summed E-state index contributed by atoms with van der Waals surface area (Å²) in [5, 5.41) is 0. The number of aryl methyl sites for hydroxylation is 1. The fraction of sp³-hybridized carbons (Fsp3) is 0.692. The van der Waals surface area contributed by atoms with E-state index in [1.807, 2.05) is 13.8 Å². The lowest BCUT2D eigenvalue weighted by Gasteiger charge is -2.02. The van der Waals surface area contributed by atoms with Crippen molar-refractivity contribution in [3.05, 3.63) is 17.3 Å². The number of oxazole rings is 1. The second-order valence-corrected chi connectivity index (χ2v) is 4.30. The van der Waals surface area contributed by atoms with E-state index >= 15 is 0 Å². The number of rotatable bonds is 6. The molecule has 1 aromatic heterocycles. The van der Waals surface area contributed by atoms with Gasteiger partial charge in [0.25, 0.3) is 0 Å². The first-order valence-corrected chi connectivity index (χ1v) is 6.26. The highest BCUT2D eigenvalue weighted by atomic mass is 16.5. The maximum atomic E-state index is 11.7. The van der Waals surface area contributed by atoms with Gasteiger partial charge in [-0.25, -0.2) is 9.78 Å². The van der Waals surface area contributed by atoms with Crippen LogP contribution in [0.15, 0.2) is 4.42 Å². The molecule has 0 saturated heterocycles. The predicted octanol–water partition coefficient (Wildman–Crippen LogP) is 3.32. The van der Waals surface area contributed by atoms with Crippen LogP contribution in [0, 0.1) is 0 Å². The maximum Gasteiger partial charge on any atom is 0.376 e. The lowest BCUT2D eigenvalue weighted by Crippen LogP contribution is -2.07. The Kier molecular flexibility index (Phi) is 5.19. The normalized spacial score (nSPS) is 10.9. The molecule has 1 aromatic rings. The maximum absolute atomic E-state index is 11.7. The van der Waals surface area contributed by atoms with Crippen LogP contribution in [-0.4, -0.2) is 17.6 Å². The molecule has 0 amide bonds. The van der Waals surface area contributed by atoms with Crippen molar-refractivity contribution >= 4 is 5.97 Å². The highest BCUT2D eigenvalue weighted by Crippen LogP contribution is 2.21. The monoisotopic (exact) mass is 239 g/mol. The summed E-state index contributed by atoms with van der Waals surface area (Å²) in [5.41, 5.74) is 0.703. The summed E-state index contributed by atoms with van der Waals surface area (Å²) in [7, 11) is 0. The smallest absolute Gasteiger partial charge is 0.376 e. The second-order valence-electron chi connectivity index (χ2n) is 4.30. The van der Waals surface area contributed by atoms with Crippen LogP contribution in [0.4, 0.5) is 0 Å². The molecular formula is C13H21NO3. The molecule has 0 spiro atoms. The van der Waals surface area contributed by atoms with Gasteiger partial charge in [0.05, 0.1) is 12.3 Å². The van der Waals surface area contributed by atoms with Crippen LogP contribution in [0.25, 0.3) is 0 Å². The Labute approximate surface area is 102 Å². The van der Waals surface area contributed by atoms with Crippen LogP contribution in [0.1, 0.15) is 68.6 Å². The molecule has 4 heteroatoms. The lowest BCUT2D eigenvalue weighted by molar-refractivity contribution is 0.0485. The van der Waals surface area contributed by atoms with Crippen molar-refractivity contribution in [3.63, 3.8) is 0 Å². The van der Waals surface area contributed by atoms with Gasteiger partial charge in [-0.1, -0.05) is 27.2 Å².